The molecule has 1 rings (SSSR count). The zero-order valence-electron chi connectivity index (χ0n) is 55.5. The van der Waals surface area contributed by atoms with Crippen molar-refractivity contribution in [3.63, 3.8) is 0 Å². The molecule has 1 amide bonds. The van der Waals surface area contributed by atoms with Crippen LogP contribution >= 0.6 is 0 Å². The minimum atomic E-state index is -1.58. The van der Waals surface area contributed by atoms with Crippen molar-refractivity contribution in [2.45, 2.75) is 358 Å². The standard InChI is InChI=1S/C77H135NO8/c1-3-5-7-9-11-13-15-17-19-21-23-25-27-29-30-31-32-33-34-35-36-37-38-39-40-41-42-43-45-47-49-51-53-55-57-59-61-63-65-67-73(81)78-70(69-85-77-76(84)75(83)74(82)72(68-79)86-77)71(80)66-64-62-60-58-56-54-52-50-48-46-44-28-26-24-22-20-18-16-14-12-10-8-6-4-2/h5,7,11,13,17,19,23,25,29-30,32-33,35-36,56,58,64,66,70-72,74-77,79-80,82-84H,3-4,6,8-10,12,14-16,18,20-22,24,26-28,31,34,37-55,57,59-63,65,67-69H2,1-2H3,(H,78,81)/b7-5-,13-11-,19-17-,25-23-,30-29-,33-32-,36-35-,58-56+,66-64+. The Bertz CT molecular complexity index is 1730. The monoisotopic (exact) mass is 1200 g/mol. The normalized spacial score (nSPS) is 18.7. The molecule has 1 aliphatic heterocycles. The molecule has 7 unspecified atom stereocenters. The summed E-state index contributed by atoms with van der Waals surface area (Å²) in [5.74, 6) is -0.185. The fraction of sp³-hybridized carbons (Fsp3) is 0.753. The highest BCUT2D eigenvalue weighted by atomic mass is 16.7. The number of ether oxygens (including phenoxy) is 2. The Morgan fingerprint density at radius 3 is 1.12 bits per heavy atom. The lowest BCUT2D eigenvalue weighted by Crippen LogP contribution is -2.60. The Morgan fingerprint density at radius 1 is 0.407 bits per heavy atom. The second-order valence-corrected chi connectivity index (χ2v) is 24.6. The van der Waals surface area contributed by atoms with E-state index in [9.17, 15) is 30.3 Å². The molecule has 0 saturated carbocycles. The molecule has 0 aromatic carbocycles. The van der Waals surface area contributed by atoms with Crippen LogP contribution in [0.5, 0.6) is 0 Å². The first kappa shape index (κ1) is 80.9. The van der Waals surface area contributed by atoms with Crippen LogP contribution in [0.4, 0.5) is 0 Å². The first-order valence-corrected chi connectivity index (χ1v) is 36.1. The first-order valence-electron chi connectivity index (χ1n) is 36.1. The highest BCUT2D eigenvalue weighted by molar-refractivity contribution is 5.76. The van der Waals surface area contributed by atoms with Gasteiger partial charge in [-0.25, -0.2) is 0 Å². The van der Waals surface area contributed by atoms with Gasteiger partial charge in [-0.3, -0.25) is 4.79 Å². The Kier molecular flexibility index (Phi) is 61.0. The van der Waals surface area contributed by atoms with Gasteiger partial charge in [-0.15, -0.1) is 0 Å². The maximum absolute atomic E-state index is 13.1. The number of hydrogen-bond acceptors (Lipinski definition) is 8. The van der Waals surface area contributed by atoms with Gasteiger partial charge in [0, 0.05) is 6.42 Å². The van der Waals surface area contributed by atoms with Crippen LogP contribution < -0.4 is 5.32 Å². The lowest BCUT2D eigenvalue weighted by atomic mass is 9.99. The molecule has 496 valence electrons. The molecular weight excluding hydrogens is 1070 g/mol. The van der Waals surface area contributed by atoms with Crippen molar-refractivity contribution in [2.75, 3.05) is 13.2 Å². The third-order valence-electron chi connectivity index (χ3n) is 16.6. The molecular formula is C77H135NO8. The van der Waals surface area contributed by atoms with E-state index in [4.69, 9.17) is 9.47 Å². The summed E-state index contributed by atoms with van der Waals surface area (Å²) in [6, 6.07) is -0.828. The highest BCUT2D eigenvalue weighted by Crippen LogP contribution is 2.23. The number of carbonyl (C=O) groups excluding carboxylic acids is 1. The van der Waals surface area contributed by atoms with Gasteiger partial charge in [-0.1, -0.05) is 329 Å². The number of hydrogen-bond donors (Lipinski definition) is 6. The Balaban J connectivity index is 2.12. The second-order valence-electron chi connectivity index (χ2n) is 24.6. The smallest absolute Gasteiger partial charge is 0.220 e. The molecule has 0 aromatic heterocycles. The third kappa shape index (κ3) is 52.8. The number of allylic oxidation sites excluding steroid dienone is 17. The maximum atomic E-state index is 13.1. The van der Waals surface area contributed by atoms with Gasteiger partial charge in [0.1, 0.15) is 24.4 Å². The van der Waals surface area contributed by atoms with Crippen LogP contribution in [-0.4, -0.2) is 87.5 Å². The van der Waals surface area contributed by atoms with E-state index in [-0.39, 0.29) is 12.5 Å². The fourth-order valence-electron chi connectivity index (χ4n) is 11.0. The van der Waals surface area contributed by atoms with Crippen molar-refractivity contribution in [3.05, 3.63) is 109 Å². The van der Waals surface area contributed by atoms with E-state index in [0.29, 0.717) is 6.42 Å². The van der Waals surface area contributed by atoms with Crippen molar-refractivity contribution in [3.8, 4) is 0 Å². The summed E-state index contributed by atoms with van der Waals surface area (Å²) < 4.78 is 11.3. The largest absolute Gasteiger partial charge is 0.394 e. The first-order chi connectivity index (χ1) is 42.3. The van der Waals surface area contributed by atoms with Crippen LogP contribution in [0, 0.1) is 0 Å². The molecule has 0 aliphatic carbocycles. The van der Waals surface area contributed by atoms with Crippen molar-refractivity contribution < 1.29 is 39.8 Å². The number of aliphatic hydroxyl groups excluding tert-OH is 5. The molecule has 7 atom stereocenters. The molecule has 1 heterocycles. The fourth-order valence-corrected chi connectivity index (χ4v) is 11.0. The molecule has 0 aromatic rings. The van der Waals surface area contributed by atoms with Gasteiger partial charge in [0.25, 0.3) is 0 Å². The number of amides is 1. The predicted octanol–water partition coefficient (Wildman–Crippen LogP) is 20.0. The van der Waals surface area contributed by atoms with Gasteiger partial charge < -0.3 is 40.3 Å². The van der Waals surface area contributed by atoms with Gasteiger partial charge in [-0.2, -0.15) is 0 Å². The van der Waals surface area contributed by atoms with Crippen molar-refractivity contribution in [2.24, 2.45) is 0 Å². The van der Waals surface area contributed by atoms with Crippen molar-refractivity contribution >= 4 is 5.91 Å². The SMILES string of the molecule is CC/C=C\C/C=C\C/C=C\C/C=C\C/C=C\C/C=C\C/C=C\CCCCCCCCCCCCCCCCCCCC(=O)NC(COC1OC(CO)C(O)C(O)C1O)C(O)/C=C/CC/C=C/CCCCCCCCCCCCCCCCCCCC. The topological polar surface area (TPSA) is 149 Å². The van der Waals surface area contributed by atoms with Crippen LogP contribution in [0.3, 0.4) is 0 Å². The number of carbonyl (C=O) groups is 1. The molecule has 6 N–H and O–H groups in total. The third-order valence-corrected chi connectivity index (χ3v) is 16.6. The van der Waals surface area contributed by atoms with E-state index in [1.54, 1.807) is 6.08 Å². The predicted molar refractivity (Wildman–Crippen MR) is 368 cm³/mol. The van der Waals surface area contributed by atoms with E-state index in [2.05, 4.69) is 116 Å². The molecule has 1 fully saturated rings. The number of aliphatic hydroxyl groups is 5. The van der Waals surface area contributed by atoms with Crippen LogP contribution in [-0.2, 0) is 14.3 Å². The molecule has 1 aliphatic rings. The van der Waals surface area contributed by atoms with Gasteiger partial charge in [-0.05, 0) is 89.9 Å². The Labute approximate surface area is 529 Å². The lowest BCUT2D eigenvalue weighted by Gasteiger charge is -2.40. The molecule has 9 heteroatoms. The summed E-state index contributed by atoms with van der Waals surface area (Å²) in [7, 11) is 0. The average Bonchev–Trinajstić information content (AvgIpc) is 3.55. The minimum absolute atomic E-state index is 0.185. The summed E-state index contributed by atoms with van der Waals surface area (Å²) in [5.41, 5.74) is 0. The highest BCUT2D eigenvalue weighted by Gasteiger charge is 2.44. The molecule has 0 spiro atoms. The second kappa shape index (κ2) is 64.8. The molecule has 9 nitrogen and oxygen atoms in total. The maximum Gasteiger partial charge on any atom is 0.220 e. The summed E-state index contributed by atoms with van der Waals surface area (Å²) in [6.07, 6.45) is 89.1. The minimum Gasteiger partial charge on any atom is -0.394 e. The van der Waals surface area contributed by atoms with Gasteiger partial charge in [0.2, 0.25) is 5.91 Å². The van der Waals surface area contributed by atoms with E-state index < -0.39 is 49.5 Å². The summed E-state index contributed by atoms with van der Waals surface area (Å²) in [5, 5.41) is 54.8. The zero-order valence-corrected chi connectivity index (χ0v) is 55.5. The van der Waals surface area contributed by atoms with Crippen LogP contribution in [0.1, 0.15) is 316 Å². The van der Waals surface area contributed by atoms with E-state index >= 15 is 0 Å². The summed E-state index contributed by atoms with van der Waals surface area (Å²) in [4.78, 5) is 13.1. The zero-order chi connectivity index (χ0) is 62.1. The lowest BCUT2D eigenvalue weighted by molar-refractivity contribution is -0.302. The molecule has 1 saturated heterocycles. The van der Waals surface area contributed by atoms with Gasteiger partial charge in [0.05, 0.1) is 25.4 Å². The number of rotatable bonds is 62. The Morgan fingerprint density at radius 2 is 0.733 bits per heavy atom. The van der Waals surface area contributed by atoms with E-state index in [1.807, 2.05) is 6.08 Å². The van der Waals surface area contributed by atoms with Crippen LogP contribution in [0.15, 0.2) is 109 Å². The number of unbranched alkanes of at least 4 members (excludes halogenated alkanes) is 36. The summed E-state index contributed by atoms with van der Waals surface area (Å²) >= 11 is 0. The van der Waals surface area contributed by atoms with E-state index in [0.717, 1.165) is 83.5 Å². The van der Waals surface area contributed by atoms with E-state index in [1.165, 1.54) is 212 Å². The molecule has 0 bridgehead atoms. The average molecular weight is 1200 g/mol. The summed E-state index contributed by atoms with van der Waals surface area (Å²) in [6.45, 7) is 3.68. The van der Waals surface area contributed by atoms with Gasteiger partial charge in [0.15, 0.2) is 6.29 Å². The number of nitrogens with one attached hydrogen (secondary N) is 1. The van der Waals surface area contributed by atoms with Crippen LogP contribution in [0.2, 0.25) is 0 Å². The van der Waals surface area contributed by atoms with Crippen LogP contribution in [0.25, 0.3) is 0 Å². The van der Waals surface area contributed by atoms with Crippen molar-refractivity contribution in [1.29, 1.82) is 0 Å². The van der Waals surface area contributed by atoms with Gasteiger partial charge >= 0.3 is 0 Å². The quantitative estimate of drug-likeness (QED) is 0.0261. The Hall–Kier alpha value is -3.15. The molecule has 0 radical (unpaired) electrons. The molecule has 86 heavy (non-hydrogen) atoms. The van der Waals surface area contributed by atoms with Crippen molar-refractivity contribution in [1.82, 2.24) is 5.32 Å².